The van der Waals surface area contributed by atoms with E-state index in [2.05, 4.69) is 4.98 Å². The average Bonchev–Trinajstić information content (AvgIpc) is 2.61. The molecule has 0 fully saturated rings. The van der Waals surface area contributed by atoms with Crippen LogP contribution >= 0.6 is 0 Å². The van der Waals surface area contributed by atoms with E-state index in [0.717, 1.165) is 0 Å². The van der Waals surface area contributed by atoms with Crippen molar-refractivity contribution in [2.24, 2.45) is 12.8 Å². The molecule has 0 aromatic carbocycles. The van der Waals surface area contributed by atoms with Crippen LogP contribution in [0.5, 0.6) is 0 Å². The Kier molecular flexibility index (Phi) is 4.11. The Morgan fingerprint density at radius 3 is 2.65 bits per heavy atom. The van der Waals surface area contributed by atoms with E-state index in [4.69, 9.17) is 5.73 Å². The number of carbonyl (C=O) groups is 1. The first-order chi connectivity index (χ1) is 7.83. The standard InChI is InChI=1S/C9H13F3N4O/c1-15-4-7(14-6-15)8(17)16(3-2-13)5-9(10,11)12/h4,6H,2-3,5,13H2,1H3. The number of nitrogens with two attached hydrogens (primary N) is 1. The average molecular weight is 250 g/mol. The number of amides is 1. The Morgan fingerprint density at radius 2 is 2.24 bits per heavy atom. The van der Waals surface area contributed by atoms with E-state index in [1.54, 1.807) is 7.05 Å². The third-order valence-electron chi connectivity index (χ3n) is 1.98. The van der Waals surface area contributed by atoms with Crippen LogP contribution in [0, 0.1) is 0 Å². The lowest BCUT2D eigenvalue weighted by molar-refractivity contribution is -0.140. The van der Waals surface area contributed by atoms with Gasteiger partial charge < -0.3 is 15.2 Å². The molecule has 5 nitrogen and oxygen atoms in total. The molecule has 1 aromatic rings. The summed E-state index contributed by atoms with van der Waals surface area (Å²) in [4.78, 5) is 16.1. The number of halogens is 3. The number of aromatic nitrogens is 2. The minimum Gasteiger partial charge on any atom is -0.340 e. The van der Waals surface area contributed by atoms with Crippen LogP contribution in [-0.2, 0) is 7.05 Å². The van der Waals surface area contributed by atoms with Gasteiger partial charge in [0.2, 0.25) is 0 Å². The van der Waals surface area contributed by atoms with E-state index in [1.807, 2.05) is 0 Å². The summed E-state index contributed by atoms with van der Waals surface area (Å²) in [6, 6.07) is 0. The second-order valence-corrected chi connectivity index (χ2v) is 3.55. The fraction of sp³-hybridized carbons (Fsp3) is 0.556. The van der Waals surface area contributed by atoms with Crippen LogP contribution in [-0.4, -0.2) is 46.2 Å². The molecular weight excluding hydrogens is 237 g/mol. The van der Waals surface area contributed by atoms with Crippen molar-refractivity contribution in [3.05, 3.63) is 18.2 Å². The molecule has 0 aliphatic rings. The molecule has 2 N–H and O–H groups in total. The number of aryl methyl sites for hydroxylation is 1. The van der Waals surface area contributed by atoms with Gasteiger partial charge in [-0.05, 0) is 0 Å². The van der Waals surface area contributed by atoms with Gasteiger partial charge >= 0.3 is 6.18 Å². The molecule has 17 heavy (non-hydrogen) atoms. The van der Waals surface area contributed by atoms with Gasteiger partial charge in [-0.15, -0.1) is 0 Å². The fourth-order valence-corrected chi connectivity index (χ4v) is 1.31. The highest BCUT2D eigenvalue weighted by molar-refractivity contribution is 5.92. The maximum absolute atomic E-state index is 12.3. The van der Waals surface area contributed by atoms with Crippen LogP contribution in [0.4, 0.5) is 13.2 Å². The number of alkyl halides is 3. The van der Waals surface area contributed by atoms with Crippen molar-refractivity contribution in [2.45, 2.75) is 6.18 Å². The lowest BCUT2D eigenvalue weighted by atomic mass is 10.3. The lowest BCUT2D eigenvalue weighted by Crippen LogP contribution is -2.41. The summed E-state index contributed by atoms with van der Waals surface area (Å²) < 4.78 is 38.2. The zero-order valence-electron chi connectivity index (χ0n) is 9.24. The molecule has 0 saturated carbocycles. The summed E-state index contributed by atoms with van der Waals surface area (Å²) in [5.74, 6) is -0.770. The SMILES string of the molecule is Cn1cnc(C(=O)N(CCN)CC(F)(F)F)c1. The second-order valence-electron chi connectivity index (χ2n) is 3.55. The minimum atomic E-state index is -4.44. The van der Waals surface area contributed by atoms with Crippen molar-refractivity contribution >= 4 is 5.91 Å². The lowest BCUT2D eigenvalue weighted by Gasteiger charge is -2.22. The monoisotopic (exact) mass is 250 g/mol. The van der Waals surface area contributed by atoms with Gasteiger partial charge in [-0.3, -0.25) is 4.79 Å². The number of nitrogens with zero attached hydrogens (tertiary/aromatic N) is 3. The van der Waals surface area contributed by atoms with Crippen molar-refractivity contribution in [2.75, 3.05) is 19.6 Å². The molecule has 1 amide bonds. The highest BCUT2D eigenvalue weighted by atomic mass is 19.4. The first-order valence-corrected chi connectivity index (χ1v) is 4.87. The molecule has 0 bridgehead atoms. The maximum Gasteiger partial charge on any atom is 0.406 e. The van der Waals surface area contributed by atoms with Crippen LogP contribution in [0.15, 0.2) is 12.5 Å². The predicted octanol–water partition coefficient (Wildman–Crippen LogP) is 0.383. The van der Waals surface area contributed by atoms with Gasteiger partial charge in [-0.2, -0.15) is 13.2 Å². The second kappa shape index (κ2) is 5.17. The van der Waals surface area contributed by atoms with Crippen molar-refractivity contribution < 1.29 is 18.0 Å². The van der Waals surface area contributed by atoms with E-state index in [9.17, 15) is 18.0 Å². The summed E-state index contributed by atoms with van der Waals surface area (Å²) in [7, 11) is 1.63. The normalized spacial score (nSPS) is 11.6. The zero-order chi connectivity index (χ0) is 13.1. The van der Waals surface area contributed by atoms with E-state index in [-0.39, 0.29) is 18.8 Å². The molecular formula is C9H13F3N4O. The summed E-state index contributed by atoms with van der Waals surface area (Å²) in [6.45, 7) is -1.51. The van der Waals surface area contributed by atoms with Crippen LogP contribution in [0.3, 0.4) is 0 Å². The fourth-order valence-electron chi connectivity index (χ4n) is 1.31. The van der Waals surface area contributed by atoms with Gasteiger partial charge in [0.1, 0.15) is 12.2 Å². The van der Waals surface area contributed by atoms with Gasteiger partial charge in [-0.1, -0.05) is 0 Å². The zero-order valence-corrected chi connectivity index (χ0v) is 9.24. The Morgan fingerprint density at radius 1 is 1.59 bits per heavy atom. The predicted molar refractivity (Wildman–Crippen MR) is 54.2 cm³/mol. The highest BCUT2D eigenvalue weighted by Crippen LogP contribution is 2.17. The van der Waals surface area contributed by atoms with Gasteiger partial charge in [0.15, 0.2) is 0 Å². The third kappa shape index (κ3) is 4.06. The first-order valence-electron chi connectivity index (χ1n) is 4.87. The Balaban J connectivity index is 2.80. The molecule has 1 aromatic heterocycles. The van der Waals surface area contributed by atoms with Crippen molar-refractivity contribution in [3.8, 4) is 0 Å². The first kappa shape index (κ1) is 13.5. The molecule has 1 heterocycles. The molecule has 0 atom stereocenters. The summed E-state index contributed by atoms with van der Waals surface area (Å²) in [6.07, 6.45) is -1.73. The smallest absolute Gasteiger partial charge is 0.340 e. The quantitative estimate of drug-likeness (QED) is 0.840. The molecule has 96 valence electrons. The molecule has 0 radical (unpaired) electrons. The molecule has 0 unspecified atom stereocenters. The van der Waals surface area contributed by atoms with Gasteiger partial charge in [0, 0.05) is 26.3 Å². The minimum absolute atomic E-state index is 0.0230. The Bertz CT molecular complexity index is 388. The molecule has 1 rings (SSSR count). The Hall–Kier alpha value is -1.57. The van der Waals surface area contributed by atoms with Crippen LogP contribution in [0.25, 0.3) is 0 Å². The molecule has 8 heteroatoms. The van der Waals surface area contributed by atoms with Crippen LogP contribution in [0.1, 0.15) is 10.5 Å². The van der Waals surface area contributed by atoms with Gasteiger partial charge in [-0.25, -0.2) is 4.98 Å². The van der Waals surface area contributed by atoms with E-state index < -0.39 is 18.6 Å². The van der Waals surface area contributed by atoms with Crippen LogP contribution in [0.2, 0.25) is 0 Å². The summed E-state index contributed by atoms with van der Waals surface area (Å²) >= 11 is 0. The molecule has 0 saturated heterocycles. The Labute approximate surface area is 96.0 Å². The van der Waals surface area contributed by atoms with E-state index >= 15 is 0 Å². The molecule has 0 aliphatic heterocycles. The van der Waals surface area contributed by atoms with Gasteiger partial charge in [0.25, 0.3) is 5.91 Å². The van der Waals surface area contributed by atoms with Crippen LogP contribution < -0.4 is 5.73 Å². The van der Waals surface area contributed by atoms with Crippen molar-refractivity contribution in [3.63, 3.8) is 0 Å². The number of carbonyl (C=O) groups excluding carboxylic acids is 1. The highest BCUT2D eigenvalue weighted by Gasteiger charge is 2.33. The largest absolute Gasteiger partial charge is 0.406 e. The van der Waals surface area contributed by atoms with Gasteiger partial charge in [0.05, 0.1) is 6.33 Å². The number of rotatable bonds is 4. The summed E-state index contributed by atoms with van der Waals surface area (Å²) in [5, 5.41) is 0. The van der Waals surface area contributed by atoms with Crippen molar-refractivity contribution in [1.82, 2.24) is 14.5 Å². The van der Waals surface area contributed by atoms with E-state index in [0.29, 0.717) is 4.90 Å². The number of imidazole rings is 1. The number of hydrogen-bond acceptors (Lipinski definition) is 3. The van der Waals surface area contributed by atoms with E-state index in [1.165, 1.54) is 17.1 Å². The molecule has 0 aliphatic carbocycles. The summed E-state index contributed by atoms with van der Waals surface area (Å²) in [5.41, 5.74) is 5.16. The maximum atomic E-state index is 12.3. The number of hydrogen-bond donors (Lipinski definition) is 1. The topological polar surface area (TPSA) is 64.2 Å². The third-order valence-corrected chi connectivity index (χ3v) is 1.98. The van der Waals surface area contributed by atoms with Crippen molar-refractivity contribution in [1.29, 1.82) is 0 Å². The molecule has 0 spiro atoms.